The van der Waals surface area contributed by atoms with Gasteiger partial charge in [-0.15, -0.1) is 0 Å². The SMILES string of the molecule is CCCCN(C(=O)c1cc(OC)ccc1Br)c1c(N)n(CCC)c(=O)[nH]c1=O. The molecule has 1 amide bonds. The second kappa shape index (κ2) is 9.59. The molecule has 0 aliphatic carbocycles. The summed E-state index contributed by atoms with van der Waals surface area (Å²) in [5.74, 6) is 0.0945. The Morgan fingerprint density at radius 1 is 1.29 bits per heavy atom. The Morgan fingerprint density at radius 3 is 2.61 bits per heavy atom. The van der Waals surface area contributed by atoms with Gasteiger partial charge in [-0.1, -0.05) is 20.3 Å². The van der Waals surface area contributed by atoms with Gasteiger partial charge in [-0.3, -0.25) is 19.1 Å². The maximum Gasteiger partial charge on any atom is 0.330 e. The Hall–Kier alpha value is -2.55. The van der Waals surface area contributed by atoms with Crippen molar-refractivity contribution in [1.82, 2.24) is 9.55 Å². The van der Waals surface area contributed by atoms with Crippen LogP contribution in [-0.2, 0) is 6.54 Å². The van der Waals surface area contributed by atoms with E-state index >= 15 is 0 Å². The zero-order chi connectivity index (χ0) is 20.8. The van der Waals surface area contributed by atoms with Crippen molar-refractivity contribution >= 4 is 33.3 Å². The van der Waals surface area contributed by atoms with E-state index in [9.17, 15) is 14.4 Å². The van der Waals surface area contributed by atoms with E-state index in [2.05, 4.69) is 20.9 Å². The highest BCUT2D eigenvalue weighted by molar-refractivity contribution is 9.10. The van der Waals surface area contributed by atoms with Gasteiger partial charge >= 0.3 is 5.69 Å². The number of nitrogens with zero attached hydrogens (tertiary/aromatic N) is 2. The van der Waals surface area contributed by atoms with Crippen molar-refractivity contribution in [1.29, 1.82) is 0 Å². The van der Waals surface area contributed by atoms with E-state index < -0.39 is 17.2 Å². The Labute approximate surface area is 171 Å². The van der Waals surface area contributed by atoms with Crippen LogP contribution in [0.3, 0.4) is 0 Å². The average molecular weight is 453 g/mol. The summed E-state index contributed by atoms with van der Waals surface area (Å²) in [5.41, 5.74) is 5.22. The van der Waals surface area contributed by atoms with Crippen molar-refractivity contribution in [3.05, 3.63) is 49.1 Å². The summed E-state index contributed by atoms with van der Waals surface area (Å²) in [4.78, 5) is 41.7. The molecule has 8 nitrogen and oxygen atoms in total. The Balaban J connectivity index is 2.65. The summed E-state index contributed by atoms with van der Waals surface area (Å²) in [6.07, 6.45) is 2.13. The van der Waals surface area contributed by atoms with E-state index in [4.69, 9.17) is 10.5 Å². The molecule has 2 aromatic rings. The normalized spacial score (nSPS) is 10.7. The number of nitrogens with one attached hydrogen (secondary N) is 1. The molecule has 0 atom stereocenters. The number of nitrogen functional groups attached to an aromatic ring is 1. The molecule has 0 saturated heterocycles. The summed E-state index contributed by atoms with van der Waals surface area (Å²) in [5, 5.41) is 0. The molecule has 0 unspecified atom stereocenters. The van der Waals surface area contributed by atoms with Crippen molar-refractivity contribution in [2.45, 2.75) is 39.7 Å². The van der Waals surface area contributed by atoms with Crippen LogP contribution >= 0.6 is 15.9 Å². The first-order valence-corrected chi connectivity index (χ1v) is 9.92. The fourth-order valence-electron chi connectivity index (χ4n) is 2.86. The van der Waals surface area contributed by atoms with E-state index in [1.807, 2.05) is 13.8 Å². The number of aromatic nitrogens is 2. The van der Waals surface area contributed by atoms with Crippen LogP contribution in [-0.4, -0.2) is 29.1 Å². The lowest BCUT2D eigenvalue weighted by atomic mass is 10.1. The molecule has 0 bridgehead atoms. The van der Waals surface area contributed by atoms with Crippen LogP contribution in [0.2, 0.25) is 0 Å². The molecule has 1 aromatic heterocycles. The quantitative estimate of drug-likeness (QED) is 0.639. The number of hydrogen-bond donors (Lipinski definition) is 2. The molecule has 9 heteroatoms. The van der Waals surface area contributed by atoms with Gasteiger partial charge in [0.1, 0.15) is 11.6 Å². The second-order valence-corrected chi connectivity index (χ2v) is 7.16. The summed E-state index contributed by atoms with van der Waals surface area (Å²) in [7, 11) is 1.51. The largest absolute Gasteiger partial charge is 0.497 e. The van der Waals surface area contributed by atoms with Crippen LogP contribution in [0, 0.1) is 0 Å². The number of benzene rings is 1. The highest BCUT2D eigenvalue weighted by atomic mass is 79.9. The number of carbonyl (C=O) groups excluding carboxylic acids is 1. The van der Waals surface area contributed by atoms with E-state index in [0.29, 0.717) is 35.2 Å². The van der Waals surface area contributed by atoms with E-state index in [1.54, 1.807) is 18.2 Å². The third-order valence-corrected chi connectivity index (χ3v) is 5.01. The van der Waals surface area contributed by atoms with Crippen LogP contribution < -0.4 is 26.6 Å². The maximum atomic E-state index is 13.3. The Bertz CT molecular complexity index is 967. The third-order valence-electron chi connectivity index (χ3n) is 4.32. The molecule has 0 aliphatic heterocycles. The number of halogens is 1. The minimum Gasteiger partial charge on any atom is -0.497 e. The lowest BCUT2D eigenvalue weighted by Gasteiger charge is -2.25. The van der Waals surface area contributed by atoms with E-state index in [-0.39, 0.29) is 18.1 Å². The number of carbonyl (C=O) groups is 1. The van der Waals surface area contributed by atoms with Crippen LogP contribution in [0.25, 0.3) is 0 Å². The monoisotopic (exact) mass is 452 g/mol. The number of nitrogens with two attached hydrogens (primary N) is 1. The number of methoxy groups -OCH3 is 1. The molecular weight excluding hydrogens is 428 g/mol. The third kappa shape index (κ3) is 4.46. The topological polar surface area (TPSA) is 110 Å². The van der Waals surface area contributed by atoms with Gasteiger partial charge in [0.25, 0.3) is 11.5 Å². The Morgan fingerprint density at radius 2 is 2.00 bits per heavy atom. The number of amides is 1. The molecular formula is C19H25BrN4O4. The van der Waals surface area contributed by atoms with Crippen molar-refractivity contribution in [2.75, 3.05) is 24.3 Å². The lowest BCUT2D eigenvalue weighted by Crippen LogP contribution is -2.41. The highest BCUT2D eigenvalue weighted by Crippen LogP contribution is 2.27. The fraction of sp³-hybridized carbons (Fsp3) is 0.421. The number of anilines is 2. The van der Waals surface area contributed by atoms with Gasteiger partial charge in [0.2, 0.25) is 0 Å². The first kappa shape index (κ1) is 21.7. The van der Waals surface area contributed by atoms with Gasteiger partial charge in [-0.2, -0.15) is 0 Å². The summed E-state index contributed by atoms with van der Waals surface area (Å²) in [6.45, 7) is 4.50. The van der Waals surface area contributed by atoms with Crippen LogP contribution in [0.15, 0.2) is 32.3 Å². The molecule has 0 radical (unpaired) electrons. The number of unbranched alkanes of at least 4 members (excludes halogenated alkanes) is 1. The molecule has 0 aliphatic rings. The molecule has 0 fully saturated rings. The zero-order valence-electron chi connectivity index (χ0n) is 16.3. The molecule has 152 valence electrons. The minimum atomic E-state index is -0.682. The molecule has 3 N–H and O–H groups in total. The first-order valence-electron chi connectivity index (χ1n) is 9.13. The standard InChI is InChI=1S/C19H25BrN4O4/c1-4-6-10-23(18(26)13-11-12(28-3)7-8-14(13)20)15-16(21)24(9-5-2)19(27)22-17(15)25/h7-8,11H,4-6,9-10,21H2,1-3H3,(H,22,25,27). The smallest absolute Gasteiger partial charge is 0.330 e. The zero-order valence-corrected chi connectivity index (χ0v) is 17.8. The number of hydrogen-bond acceptors (Lipinski definition) is 5. The molecule has 0 spiro atoms. The summed E-state index contributed by atoms with van der Waals surface area (Å²) in [6, 6.07) is 5.02. The van der Waals surface area contributed by atoms with Crippen molar-refractivity contribution < 1.29 is 9.53 Å². The van der Waals surface area contributed by atoms with E-state index in [1.165, 1.54) is 16.6 Å². The number of aromatic amines is 1. The van der Waals surface area contributed by atoms with Gasteiger partial charge in [0.15, 0.2) is 5.69 Å². The molecule has 2 rings (SSSR count). The first-order chi connectivity index (χ1) is 13.3. The van der Waals surface area contributed by atoms with Crippen molar-refractivity contribution in [3.63, 3.8) is 0 Å². The molecule has 1 heterocycles. The molecule has 0 saturated carbocycles. The molecule has 28 heavy (non-hydrogen) atoms. The molecule has 1 aromatic carbocycles. The average Bonchev–Trinajstić information content (AvgIpc) is 2.67. The second-order valence-electron chi connectivity index (χ2n) is 6.30. The van der Waals surface area contributed by atoms with Crippen LogP contribution in [0.1, 0.15) is 43.5 Å². The van der Waals surface area contributed by atoms with Gasteiger partial charge in [0, 0.05) is 17.6 Å². The maximum absolute atomic E-state index is 13.3. The van der Waals surface area contributed by atoms with Crippen LogP contribution in [0.5, 0.6) is 5.75 Å². The fourth-order valence-corrected chi connectivity index (χ4v) is 3.27. The number of rotatable bonds is 8. The van der Waals surface area contributed by atoms with Crippen molar-refractivity contribution in [3.8, 4) is 5.75 Å². The Kier molecular flexibility index (Phi) is 7.45. The van der Waals surface area contributed by atoms with Crippen molar-refractivity contribution in [2.24, 2.45) is 0 Å². The highest BCUT2D eigenvalue weighted by Gasteiger charge is 2.26. The summed E-state index contributed by atoms with van der Waals surface area (Å²) < 4.78 is 7.06. The number of ether oxygens (including phenoxy) is 1. The summed E-state index contributed by atoms with van der Waals surface area (Å²) >= 11 is 3.38. The van der Waals surface area contributed by atoms with Gasteiger partial charge in [-0.25, -0.2) is 4.79 Å². The van der Waals surface area contributed by atoms with Crippen LogP contribution in [0.4, 0.5) is 11.5 Å². The predicted octanol–water partition coefficient (Wildman–Crippen LogP) is 2.75. The minimum absolute atomic E-state index is 0.0128. The lowest BCUT2D eigenvalue weighted by molar-refractivity contribution is 0.0985. The van der Waals surface area contributed by atoms with Gasteiger partial charge < -0.3 is 15.4 Å². The number of H-pyrrole nitrogens is 1. The predicted molar refractivity (Wildman–Crippen MR) is 113 cm³/mol. The van der Waals surface area contributed by atoms with Gasteiger partial charge in [0.05, 0.1) is 12.7 Å². The van der Waals surface area contributed by atoms with Gasteiger partial charge in [-0.05, 0) is 47.0 Å². The van der Waals surface area contributed by atoms with E-state index in [0.717, 1.165) is 6.42 Å².